The van der Waals surface area contributed by atoms with Crippen molar-refractivity contribution in [2.75, 3.05) is 18.4 Å². The molecule has 2 unspecified atom stereocenters. The summed E-state index contributed by atoms with van der Waals surface area (Å²) in [6.07, 6.45) is 2.00. The topological polar surface area (TPSA) is 80.2 Å². The Kier molecular flexibility index (Phi) is 5.65. The summed E-state index contributed by atoms with van der Waals surface area (Å²) in [5, 5.41) is 2.93. The molecule has 182 valence electrons. The molecule has 0 radical (unpaired) electrons. The van der Waals surface area contributed by atoms with Gasteiger partial charge in [-0.2, -0.15) is 0 Å². The largest absolute Gasteiger partial charge is 0.445 e. The molecule has 1 saturated heterocycles. The SMILES string of the molecule is O=C(OCc1ccccc1)N1CC2CC2(c2ccc3ncnc(Nc4ccc(Cl)c(Cl)c4F)c3n2)C1. The molecular formula is C26H20Cl2FN5O2. The van der Waals surface area contributed by atoms with E-state index in [1.807, 2.05) is 42.5 Å². The van der Waals surface area contributed by atoms with Crippen LogP contribution in [0.2, 0.25) is 10.0 Å². The lowest BCUT2D eigenvalue weighted by molar-refractivity contribution is 0.0996. The van der Waals surface area contributed by atoms with Crippen LogP contribution in [0.1, 0.15) is 17.7 Å². The zero-order chi connectivity index (χ0) is 24.9. The number of likely N-dealkylation sites (tertiary alicyclic amines) is 1. The number of hydrogen-bond acceptors (Lipinski definition) is 6. The van der Waals surface area contributed by atoms with Gasteiger partial charge in [0.15, 0.2) is 11.6 Å². The summed E-state index contributed by atoms with van der Waals surface area (Å²) in [5.41, 5.74) is 2.81. The zero-order valence-electron chi connectivity index (χ0n) is 18.9. The molecule has 1 saturated carbocycles. The first-order valence-corrected chi connectivity index (χ1v) is 12.2. The molecule has 2 aromatic carbocycles. The minimum absolute atomic E-state index is 0.125. The normalized spacial score (nSPS) is 20.3. The summed E-state index contributed by atoms with van der Waals surface area (Å²) < 4.78 is 20.2. The van der Waals surface area contributed by atoms with Gasteiger partial charge in [-0.15, -0.1) is 0 Å². The highest BCUT2D eigenvalue weighted by Gasteiger charge is 2.63. The molecule has 6 rings (SSSR count). The van der Waals surface area contributed by atoms with Crippen molar-refractivity contribution in [3.05, 3.63) is 88.0 Å². The highest BCUT2D eigenvalue weighted by Crippen LogP contribution is 2.58. The summed E-state index contributed by atoms with van der Waals surface area (Å²) in [4.78, 5) is 27.9. The fourth-order valence-corrected chi connectivity index (χ4v) is 5.20. The maximum Gasteiger partial charge on any atom is 0.410 e. The smallest absolute Gasteiger partial charge is 0.410 e. The number of carbonyl (C=O) groups excluding carboxylic acids is 1. The van der Waals surface area contributed by atoms with Crippen molar-refractivity contribution in [2.24, 2.45) is 5.92 Å². The number of halogens is 3. The lowest BCUT2D eigenvalue weighted by Gasteiger charge is -2.21. The van der Waals surface area contributed by atoms with Crippen molar-refractivity contribution in [1.82, 2.24) is 19.9 Å². The van der Waals surface area contributed by atoms with Crippen LogP contribution in [0.3, 0.4) is 0 Å². The number of pyridine rings is 1. The number of anilines is 2. The number of carbonyl (C=O) groups is 1. The summed E-state index contributed by atoms with van der Waals surface area (Å²) in [6.45, 7) is 1.39. The van der Waals surface area contributed by atoms with Crippen molar-refractivity contribution in [3.8, 4) is 0 Å². The van der Waals surface area contributed by atoms with Gasteiger partial charge in [-0.25, -0.2) is 24.1 Å². The van der Waals surface area contributed by atoms with Gasteiger partial charge in [0.05, 0.1) is 21.2 Å². The fourth-order valence-electron chi connectivity index (χ4n) is 4.89. The van der Waals surface area contributed by atoms with E-state index in [1.165, 1.54) is 18.5 Å². The summed E-state index contributed by atoms with van der Waals surface area (Å²) in [6, 6.07) is 16.4. The van der Waals surface area contributed by atoms with E-state index in [0.29, 0.717) is 35.9 Å². The van der Waals surface area contributed by atoms with Gasteiger partial charge in [0.2, 0.25) is 0 Å². The van der Waals surface area contributed by atoms with Crippen LogP contribution < -0.4 is 5.32 Å². The molecule has 3 heterocycles. The van der Waals surface area contributed by atoms with Gasteiger partial charge >= 0.3 is 6.09 Å². The van der Waals surface area contributed by atoms with E-state index < -0.39 is 5.82 Å². The maximum atomic E-state index is 14.6. The average molecular weight is 524 g/mol. The Morgan fingerprint density at radius 3 is 2.81 bits per heavy atom. The molecule has 0 spiro atoms. The Hall–Kier alpha value is -3.49. The van der Waals surface area contributed by atoms with E-state index >= 15 is 0 Å². The second kappa shape index (κ2) is 8.87. The molecule has 1 aliphatic heterocycles. The number of ether oxygens (including phenoxy) is 1. The van der Waals surface area contributed by atoms with Crippen LogP contribution in [0.15, 0.2) is 60.9 Å². The fraction of sp³-hybridized carbons (Fsp3) is 0.231. The lowest BCUT2D eigenvalue weighted by Crippen LogP contribution is -2.33. The molecule has 2 atom stereocenters. The highest BCUT2D eigenvalue weighted by atomic mass is 35.5. The average Bonchev–Trinajstić information content (AvgIpc) is 3.48. The molecule has 1 aliphatic carbocycles. The predicted molar refractivity (Wildman–Crippen MR) is 135 cm³/mol. The third-order valence-corrected chi connectivity index (χ3v) is 7.67. The zero-order valence-corrected chi connectivity index (χ0v) is 20.4. The van der Waals surface area contributed by atoms with Gasteiger partial charge in [-0.3, -0.25) is 0 Å². The number of nitrogens with one attached hydrogen (secondary N) is 1. The molecule has 1 N–H and O–H groups in total. The van der Waals surface area contributed by atoms with Crippen LogP contribution in [-0.2, 0) is 16.8 Å². The number of piperidine rings is 1. The molecule has 36 heavy (non-hydrogen) atoms. The van der Waals surface area contributed by atoms with E-state index in [0.717, 1.165) is 17.7 Å². The van der Waals surface area contributed by atoms with Gasteiger partial charge < -0.3 is 15.0 Å². The summed E-state index contributed by atoms with van der Waals surface area (Å²) >= 11 is 11.9. The standard InChI is InChI=1S/C26H20Cl2FN5O2/c27-17-6-7-18(22(29)21(17)28)32-24-23-19(30-14-31-24)8-9-20(33-23)26-10-16(26)11-34(13-26)25(35)36-12-15-4-2-1-3-5-15/h1-9,14,16H,10-13H2,(H,30,31,32). The van der Waals surface area contributed by atoms with Crippen molar-refractivity contribution in [1.29, 1.82) is 0 Å². The van der Waals surface area contributed by atoms with Gasteiger partial charge in [0.1, 0.15) is 18.5 Å². The molecule has 4 aromatic rings. The third kappa shape index (κ3) is 4.00. The Morgan fingerprint density at radius 1 is 1.14 bits per heavy atom. The quantitative estimate of drug-likeness (QED) is 0.317. The van der Waals surface area contributed by atoms with E-state index in [-0.39, 0.29) is 33.8 Å². The Morgan fingerprint density at radius 2 is 1.97 bits per heavy atom. The Balaban J connectivity index is 1.23. The van der Waals surface area contributed by atoms with E-state index in [9.17, 15) is 9.18 Å². The minimum atomic E-state index is -0.673. The number of hydrogen-bond donors (Lipinski definition) is 1. The second-order valence-corrected chi connectivity index (χ2v) is 9.90. The molecule has 10 heteroatoms. The molecule has 2 aliphatic rings. The molecular weight excluding hydrogens is 504 g/mol. The number of benzene rings is 2. The van der Waals surface area contributed by atoms with Crippen LogP contribution in [0, 0.1) is 11.7 Å². The molecule has 1 amide bonds. The first-order chi connectivity index (χ1) is 17.4. The van der Waals surface area contributed by atoms with Crippen molar-refractivity contribution in [2.45, 2.75) is 18.4 Å². The van der Waals surface area contributed by atoms with Crippen LogP contribution in [0.5, 0.6) is 0 Å². The lowest BCUT2D eigenvalue weighted by atomic mass is 10.0. The van der Waals surface area contributed by atoms with Crippen LogP contribution in [0.25, 0.3) is 11.0 Å². The maximum absolute atomic E-state index is 14.6. The molecule has 2 aromatic heterocycles. The number of aromatic nitrogens is 3. The highest BCUT2D eigenvalue weighted by molar-refractivity contribution is 6.42. The minimum Gasteiger partial charge on any atom is -0.445 e. The molecule has 0 bridgehead atoms. The van der Waals surface area contributed by atoms with Gasteiger partial charge in [-0.05, 0) is 42.2 Å². The molecule has 7 nitrogen and oxygen atoms in total. The van der Waals surface area contributed by atoms with Gasteiger partial charge in [0, 0.05) is 24.2 Å². The van der Waals surface area contributed by atoms with E-state index in [1.54, 1.807) is 4.90 Å². The van der Waals surface area contributed by atoms with Crippen LogP contribution in [-0.4, -0.2) is 39.0 Å². The Bertz CT molecular complexity index is 1490. The Labute approximate surface area is 216 Å². The number of rotatable bonds is 5. The number of amides is 1. The predicted octanol–water partition coefficient (Wildman–Crippen LogP) is 6.12. The first kappa shape index (κ1) is 22.9. The summed E-state index contributed by atoms with van der Waals surface area (Å²) in [5.74, 6) is -0.0153. The first-order valence-electron chi connectivity index (χ1n) is 11.4. The van der Waals surface area contributed by atoms with Gasteiger partial charge in [-0.1, -0.05) is 53.5 Å². The van der Waals surface area contributed by atoms with E-state index in [4.69, 9.17) is 32.9 Å². The van der Waals surface area contributed by atoms with Crippen LogP contribution in [0.4, 0.5) is 20.7 Å². The number of fused-ring (bicyclic) bond motifs is 2. The summed E-state index contributed by atoms with van der Waals surface area (Å²) in [7, 11) is 0. The third-order valence-electron chi connectivity index (χ3n) is 6.89. The molecule has 2 fully saturated rings. The van der Waals surface area contributed by atoms with Crippen molar-refractivity contribution < 1.29 is 13.9 Å². The second-order valence-electron chi connectivity index (χ2n) is 9.11. The monoisotopic (exact) mass is 523 g/mol. The van der Waals surface area contributed by atoms with Crippen molar-refractivity contribution >= 4 is 51.8 Å². The van der Waals surface area contributed by atoms with Crippen molar-refractivity contribution in [3.63, 3.8) is 0 Å². The van der Waals surface area contributed by atoms with E-state index in [2.05, 4.69) is 15.3 Å². The van der Waals surface area contributed by atoms with Gasteiger partial charge in [0.25, 0.3) is 0 Å². The number of nitrogens with zero attached hydrogens (tertiary/aromatic N) is 4. The van der Waals surface area contributed by atoms with Crippen LogP contribution >= 0.6 is 23.2 Å².